The number of aliphatic hydroxyl groups is 1. The molecule has 0 radical (unpaired) electrons. The summed E-state index contributed by atoms with van der Waals surface area (Å²) in [4.78, 5) is 0. The second-order valence-electron chi connectivity index (χ2n) is 5.69. The molecule has 2 rings (SSSR count). The highest BCUT2D eigenvalue weighted by molar-refractivity contribution is 5.33. The summed E-state index contributed by atoms with van der Waals surface area (Å²) in [6.07, 6.45) is 5.71. The highest BCUT2D eigenvalue weighted by Crippen LogP contribution is 2.50. The van der Waals surface area contributed by atoms with Crippen LogP contribution in [0.15, 0.2) is 18.2 Å². The minimum absolute atomic E-state index is 0.137. The van der Waals surface area contributed by atoms with Gasteiger partial charge in [-0.3, -0.25) is 0 Å². The second kappa shape index (κ2) is 4.81. The van der Waals surface area contributed by atoms with Crippen molar-refractivity contribution in [2.45, 2.75) is 59.0 Å². The summed E-state index contributed by atoms with van der Waals surface area (Å²) < 4.78 is 0. The van der Waals surface area contributed by atoms with Crippen LogP contribution in [-0.2, 0) is 0 Å². The van der Waals surface area contributed by atoms with Gasteiger partial charge in [0, 0.05) is 5.41 Å². The molecular formula is C16H24O. The highest BCUT2D eigenvalue weighted by atomic mass is 16.3. The molecule has 94 valence electrons. The molecule has 1 aromatic carbocycles. The van der Waals surface area contributed by atoms with Gasteiger partial charge in [0.2, 0.25) is 0 Å². The van der Waals surface area contributed by atoms with E-state index in [2.05, 4.69) is 39.0 Å². The fraction of sp³-hybridized carbons (Fsp3) is 0.625. The fourth-order valence-corrected chi connectivity index (χ4v) is 3.28. The van der Waals surface area contributed by atoms with Crippen LogP contribution < -0.4 is 0 Å². The minimum Gasteiger partial charge on any atom is -0.388 e. The Hall–Kier alpha value is -0.820. The van der Waals surface area contributed by atoms with Gasteiger partial charge in [-0.1, -0.05) is 43.5 Å². The molecule has 1 fully saturated rings. The summed E-state index contributed by atoms with van der Waals surface area (Å²) in [5.74, 6) is 0. The van der Waals surface area contributed by atoms with Crippen molar-refractivity contribution in [3.63, 3.8) is 0 Å². The van der Waals surface area contributed by atoms with E-state index in [1.165, 1.54) is 36.8 Å². The molecule has 0 aliphatic heterocycles. The van der Waals surface area contributed by atoms with Crippen molar-refractivity contribution in [1.29, 1.82) is 0 Å². The first-order valence-corrected chi connectivity index (χ1v) is 6.84. The van der Waals surface area contributed by atoms with Gasteiger partial charge < -0.3 is 5.11 Å². The van der Waals surface area contributed by atoms with E-state index in [1.807, 2.05) is 0 Å². The Labute approximate surface area is 105 Å². The van der Waals surface area contributed by atoms with E-state index < -0.39 is 0 Å². The monoisotopic (exact) mass is 232 g/mol. The molecule has 1 saturated carbocycles. The molecule has 1 aliphatic rings. The molecule has 0 bridgehead atoms. The molecule has 1 heteroatoms. The van der Waals surface area contributed by atoms with Crippen LogP contribution in [0.1, 0.15) is 61.8 Å². The third kappa shape index (κ3) is 2.26. The molecule has 1 aromatic rings. The van der Waals surface area contributed by atoms with Gasteiger partial charge in [-0.2, -0.15) is 0 Å². The fourth-order valence-electron chi connectivity index (χ4n) is 3.28. The standard InChI is InChI=1S/C16H24O/c1-4-16(9-5-6-10-16)15(17)14-11-12(2)7-8-13(14)3/h7-8,11,15,17H,4-6,9-10H2,1-3H3. The van der Waals surface area contributed by atoms with E-state index in [0.717, 1.165) is 12.0 Å². The number of benzene rings is 1. The van der Waals surface area contributed by atoms with Crippen LogP contribution in [-0.4, -0.2) is 5.11 Å². The minimum atomic E-state index is -0.283. The van der Waals surface area contributed by atoms with Gasteiger partial charge in [0.05, 0.1) is 6.10 Å². The summed E-state index contributed by atoms with van der Waals surface area (Å²) >= 11 is 0. The Kier molecular flexibility index (Phi) is 3.58. The molecule has 0 saturated heterocycles. The van der Waals surface area contributed by atoms with Crippen LogP contribution in [0, 0.1) is 19.3 Å². The third-order valence-corrected chi connectivity index (χ3v) is 4.61. The zero-order valence-electron chi connectivity index (χ0n) is 11.3. The number of hydrogen-bond donors (Lipinski definition) is 1. The van der Waals surface area contributed by atoms with E-state index in [9.17, 15) is 5.11 Å². The lowest BCUT2D eigenvalue weighted by Crippen LogP contribution is -2.25. The molecule has 1 unspecified atom stereocenters. The number of hydrogen-bond acceptors (Lipinski definition) is 1. The smallest absolute Gasteiger partial charge is 0.0848 e. The first-order valence-electron chi connectivity index (χ1n) is 6.84. The first kappa shape index (κ1) is 12.6. The number of rotatable bonds is 3. The molecule has 1 atom stereocenters. The van der Waals surface area contributed by atoms with Crippen molar-refractivity contribution in [3.05, 3.63) is 34.9 Å². The summed E-state index contributed by atoms with van der Waals surface area (Å²) in [6.45, 7) is 6.43. The van der Waals surface area contributed by atoms with E-state index in [0.29, 0.717) is 0 Å². The average Bonchev–Trinajstić information content (AvgIpc) is 2.81. The largest absolute Gasteiger partial charge is 0.388 e. The van der Waals surface area contributed by atoms with Crippen LogP contribution in [0.2, 0.25) is 0 Å². The van der Waals surface area contributed by atoms with Crippen LogP contribution in [0.25, 0.3) is 0 Å². The van der Waals surface area contributed by atoms with Crippen molar-refractivity contribution < 1.29 is 5.11 Å². The molecule has 1 nitrogen and oxygen atoms in total. The maximum atomic E-state index is 10.8. The summed E-state index contributed by atoms with van der Waals surface area (Å²) in [5, 5.41) is 10.8. The predicted octanol–water partition coefficient (Wildman–Crippen LogP) is 4.31. The Balaban J connectivity index is 2.35. The van der Waals surface area contributed by atoms with Gasteiger partial charge >= 0.3 is 0 Å². The van der Waals surface area contributed by atoms with Crippen molar-refractivity contribution in [2.24, 2.45) is 5.41 Å². The number of aliphatic hydroxyl groups excluding tert-OH is 1. The quantitative estimate of drug-likeness (QED) is 0.823. The molecule has 0 aromatic heterocycles. The zero-order chi connectivity index (χ0) is 12.5. The summed E-state index contributed by atoms with van der Waals surface area (Å²) in [6, 6.07) is 6.42. The molecule has 17 heavy (non-hydrogen) atoms. The van der Waals surface area contributed by atoms with Gasteiger partial charge in [-0.05, 0) is 44.2 Å². The third-order valence-electron chi connectivity index (χ3n) is 4.61. The molecule has 0 amide bonds. The van der Waals surface area contributed by atoms with Crippen molar-refractivity contribution in [2.75, 3.05) is 0 Å². The van der Waals surface area contributed by atoms with E-state index >= 15 is 0 Å². The van der Waals surface area contributed by atoms with Gasteiger partial charge in [0.15, 0.2) is 0 Å². The maximum absolute atomic E-state index is 10.8. The van der Waals surface area contributed by atoms with Crippen molar-refractivity contribution in [3.8, 4) is 0 Å². The molecule has 0 spiro atoms. The van der Waals surface area contributed by atoms with Crippen LogP contribution in [0.4, 0.5) is 0 Å². The van der Waals surface area contributed by atoms with Gasteiger partial charge in [-0.15, -0.1) is 0 Å². The molecular weight excluding hydrogens is 208 g/mol. The Morgan fingerprint density at radius 2 is 1.88 bits per heavy atom. The lowest BCUT2D eigenvalue weighted by Gasteiger charge is -2.34. The van der Waals surface area contributed by atoms with Crippen LogP contribution in [0.3, 0.4) is 0 Å². The van der Waals surface area contributed by atoms with Gasteiger partial charge in [0.1, 0.15) is 0 Å². The Bertz CT molecular complexity index is 389. The molecule has 0 heterocycles. The lowest BCUT2D eigenvalue weighted by atomic mass is 9.74. The molecule has 1 N–H and O–H groups in total. The summed E-state index contributed by atoms with van der Waals surface area (Å²) in [5.41, 5.74) is 3.75. The number of aryl methyl sites for hydroxylation is 2. The Morgan fingerprint density at radius 3 is 2.47 bits per heavy atom. The normalized spacial score (nSPS) is 20.5. The Morgan fingerprint density at radius 1 is 1.24 bits per heavy atom. The summed E-state index contributed by atoms with van der Waals surface area (Å²) in [7, 11) is 0. The SMILES string of the molecule is CCC1(C(O)c2cc(C)ccc2C)CCCC1. The van der Waals surface area contributed by atoms with Gasteiger partial charge in [-0.25, -0.2) is 0 Å². The van der Waals surface area contributed by atoms with Crippen LogP contribution in [0.5, 0.6) is 0 Å². The molecule has 1 aliphatic carbocycles. The zero-order valence-corrected chi connectivity index (χ0v) is 11.3. The average molecular weight is 232 g/mol. The van der Waals surface area contributed by atoms with Gasteiger partial charge in [0.25, 0.3) is 0 Å². The van der Waals surface area contributed by atoms with Crippen LogP contribution >= 0.6 is 0 Å². The highest BCUT2D eigenvalue weighted by Gasteiger charge is 2.40. The van der Waals surface area contributed by atoms with E-state index in [-0.39, 0.29) is 11.5 Å². The van der Waals surface area contributed by atoms with Crippen molar-refractivity contribution in [1.82, 2.24) is 0 Å². The topological polar surface area (TPSA) is 20.2 Å². The predicted molar refractivity (Wildman–Crippen MR) is 72.1 cm³/mol. The maximum Gasteiger partial charge on any atom is 0.0848 e. The second-order valence-corrected chi connectivity index (χ2v) is 5.69. The lowest BCUT2D eigenvalue weighted by molar-refractivity contribution is 0.0233. The van der Waals surface area contributed by atoms with E-state index in [1.54, 1.807) is 0 Å². The van der Waals surface area contributed by atoms with E-state index in [4.69, 9.17) is 0 Å². The van der Waals surface area contributed by atoms with Crippen molar-refractivity contribution >= 4 is 0 Å². The first-order chi connectivity index (χ1) is 8.09.